The molecule has 0 amide bonds. The molecule has 3 rings (SSSR count). The molecule has 0 spiro atoms. The molecule has 2 aromatic rings. The highest BCUT2D eigenvalue weighted by Gasteiger charge is 2.14. The van der Waals surface area contributed by atoms with Crippen LogP contribution in [0.1, 0.15) is 30.7 Å². The largest absolute Gasteiger partial charge is 0.486 e. The molecule has 1 saturated heterocycles. The monoisotopic (exact) mass is 283 g/mol. The first-order valence-corrected chi connectivity index (χ1v) is 7.61. The molecular weight excluding hydrogens is 262 g/mol. The highest BCUT2D eigenvalue weighted by atomic mass is 16.5. The van der Waals surface area contributed by atoms with Crippen molar-refractivity contribution in [2.75, 3.05) is 6.54 Å². The molecule has 1 atom stereocenters. The van der Waals surface area contributed by atoms with Gasteiger partial charge in [0.25, 0.3) is 0 Å². The molecule has 1 aliphatic rings. The molecule has 110 valence electrons. The molecule has 4 nitrogen and oxygen atoms in total. The van der Waals surface area contributed by atoms with Gasteiger partial charge in [-0.25, -0.2) is 9.97 Å². The van der Waals surface area contributed by atoms with Crippen molar-refractivity contribution in [2.45, 2.75) is 38.3 Å². The van der Waals surface area contributed by atoms with Crippen molar-refractivity contribution in [1.29, 1.82) is 0 Å². The lowest BCUT2D eigenvalue weighted by Gasteiger charge is -2.22. The van der Waals surface area contributed by atoms with Crippen molar-refractivity contribution in [2.24, 2.45) is 0 Å². The summed E-state index contributed by atoms with van der Waals surface area (Å²) in [6, 6.07) is 10.6. The summed E-state index contributed by atoms with van der Waals surface area (Å²) in [5, 5.41) is 3.52. The minimum Gasteiger partial charge on any atom is -0.486 e. The van der Waals surface area contributed by atoms with Crippen molar-refractivity contribution in [3.05, 3.63) is 54.1 Å². The number of piperidine rings is 1. The van der Waals surface area contributed by atoms with Gasteiger partial charge < -0.3 is 10.1 Å². The van der Waals surface area contributed by atoms with Gasteiger partial charge in [-0.15, -0.1) is 0 Å². The van der Waals surface area contributed by atoms with Crippen molar-refractivity contribution in [1.82, 2.24) is 15.3 Å². The van der Waals surface area contributed by atoms with E-state index in [2.05, 4.69) is 15.3 Å². The van der Waals surface area contributed by atoms with Crippen molar-refractivity contribution in [3.8, 4) is 5.75 Å². The second-order valence-electron chi connectivity index (χ2n) is 5.46. The normalized spacial score (nSPS) is 18.4. The Kier molecular flexibility index (Phi) is 4.79. The van der Waals surface area contributed by atoms with Crippen molar-refractivity contribution in [3.63, 3.8) is 0 Å². The number of ether oxygens (including phenoxy) is 1. The van der Waals surface area contributed by atoms with Gasteiger partial charge in [0.15, 0.2) is 5.75 Å². The second kappa shape index (κ2) is 7.18. The van der Waals surface area contributed by atoms with Gasteiger partial charge >= 0.3 is 0 Å². The van der Waals surface area contributed by atoms with Crippen LogP contribution in [0.2, 0.25) is 0 Å². The molecule has 1 aliphatic heterocycles. The molecule has 0 radical (unpaired) electrons. The molecule has 4 heteroatoms. The summed E-state index contributed by atoms with van der Waals surface area (Å²) in [6.07, 6.45) is 8.25. The maximum atomic E-state index is 5.70. The molecule has 0 saturated carbocycles. The number of aromatic nitrogens is 2. The van der Waals surface area contributed by atoms with Gasteiger partial charge in [-0.1, -0.05) is 36.8 Å². The zero-order valence-electron chi connectivity index (χ0n) is 12.2. The van der Waals surface area contributed by atoms with Crippen molar-refractivity contribution >= 4 is 0 Å². The second-order valence-corrected chi connectivity index (χ2v) is 5.46. The smallest absolute Gasteiger partial charge is 0.156 e. The zero-order valence-corrected chi connectivity index (χ0v) is 12.2. The van der Waals surface area contributed by atoms with Gasteiger partial charge in [0.2, 0.25) is 0 Å². The topological polar surface area (TPSA) is 47.0 Å². The van der Waals surface area contributed by atoms with E-state index in [0.29, 0.717) is 12.6 Å². The molecule has 1 aromatic heterocycles. The van der Waals surface area contributed by atoms with Gasteiger partial charge in [0.1, 0.15) is 12.4 Å². The van der Waals surface area contributed by atoms with E-state index in [1.807, 2.05) is 30.3 Å². The summed E-state index contributed by atoms with van der Waals surface area (Å²) in [4.78, 5) is 8.82. The van der Waals surface area contributed by atoms with Crippen LogP contribution in [-0.4, -0.2) is 22.6 Å². The molecule has 2 heterocycles. The van der Waals surface area contributed by atoms with Crippen LogP contribution < -0.4 is 10.1 Å². The zero-order chi connectivity index (χ0) is 14.3. The Morgan fingerprint density at radius 1 is 1.10 bits per heavy atom. The number of benzene rings is 1. The Morgan fingerprint density at radius 3 is 2.62 bits per heavy atom. The van der Waals surface area contributed by atoms with E-state index in [-0.39, 0.29) is 0 Å². The predicted octanol–water partition coefficient (Wildman–Crippen LogP) is 2.74. The van der Waals surface area contributed by atoms with E-state index in [1.54, 1.807) is 12.4 Å². The van der Waals surface area contributed by atoms with Crippen LogP contribution in [-0.2, 0) is 13.0 Å². The molecule has 1 aromatic carbocycles. The summed E-state index contributed by atoms with van der Waals surface area (Å²) >= 11 is 0. The van der Waals surface area contributed by atoms with Gasteiger partial charge in [0.05, 0.1) is 12.4 Å². The van der Waals surface area contributed by atoms with E-state index in [9.17, 15) is 0 Å². The summed E-state index contributed by atoms with van der Waals surface area (Å²) in [5.41, 5.74) is 1.15. The SMILES string of the molecule is c1ccc(COc2cnc(CC3CCCCN3)nc2)cc1. The Balaban J connectivity index is 1.51. The lowest BCUT2D eigenvalue weighted by Crippen LogP contribution is -2.36. The Hall–Kier alpha value is -1.94. The fourth-order valence-electron chi connectivity index (χ4n) is 2.58. The van der Waals surface area contributed by atoms with Crippen LogP contribution in [0.15, 0.2) is 42.7 Å². The molecular formula is C17H21N3O. The van der Waals surface area contributed by atoms with Crippen LogP contribution in [0, 0.1) is 0 Å². The number of nitrogens with zero attached hydrogens (tertiary/aromatic N) is 2. The summed E-state index contributed by atoms with van der Waals surface area (Å²) < 4.78 is 5.70. The van der Waals surface area contributed by atoms with Gasteiger partial charge in [-0.05, 0) is 24.9 Å². The fourth-order valence-corrected chi connectivity index (χ4v) is 2.58. The molecule has 0 bridgehead atoms. The van der Waals surface area contributed by atoms with Crippen LogP contribution in [0.4, 0.5) is 0 Å². The maximum Gasteiger partial charge on any atom is 0.156 e. The van der Waals surface area contributed by atoms with Crippen molar-refractivity contribution < 1.29 is 4.74 Å². The first-order chi connectivity index (χ1) is 10.4. The average Bonchev–Trinajstić information content (AvgIpc) is 2.56. The third-order valence-corrected chi connectivity index (χ3v) is 3.77. The van der Waals surface area contributed by atoms with E-state index in [0.717, 1.165) is 30.1 Å². The highest BCUT2D eigenvalue weighted by molar-refractivity contribution is 5.17. The Labute approximate surface area is 125 Å². The summed E-state index contributed by atoms with van der Waals surface area (Å²) in [6.45, 7) is 1.66. The van der Waals surface area contributed by atoms with Crippen LogP contribution >= 0.6 is 0 Å². The molecule has 1 unspecified atom stereocenters. The molecule has 1 fully saturated rings. The minimum atomic E-state index is 0.523. The number of hydrogen-bond acceptors (Lipinski definition) is 4. The lowest BCUT2D eigenvalue weighted by molar-refractivity contribution is 0.303. The van der Waals surface area contributed by atoms with Crippen LogP contribution in [0.25, 0.3) is 0 Å². The molecule has 0 aliphatic carbocycles. The average molecular weight is 283 g/mol. The minimum absolute atomic E-state index is 0.523. The quantitative estimate of drug-likeness (QED) is 0.916. The summed E-state index contributed by atoms with van der Waals surface area (Å²) in [5.74, 6) is 1.61. The van der Waals surface area contributed by atoms with E-state index >= 15 is 0 Å². The Morgan fingerprint density at radius 2 is 1.90 bits per heavy atom. The summed E-state index contributed by atoms with van der Waals surface area (Å²) in [7, 11) is 0. The van der Waals surface area contributed by atoms with E-state index < -0.39 is 0 Å². The fraction of sp³-hybridized carbons (Fsp3) is 0.412. The molecule has 1 N–H and O–H groups in total. The van der Waals surface area contributed by atoms with E-state index in [4.69, 9.17) is 4.74 Å². The predicted molar refractivity (Wildman–Crippen MR) is 82.2 cm³/mol. The number of hydrogen-bond donors (Lipinski definition) is 1. The lowest BCUT2D eigenvalue weighted by atomic mass is 10.0. The highest BCUT2D eigenvalue weighted by Crippen LogP contribution is 2.13. The third kappa shape index (κ3) is 4.26. The maximum absolute atomic E-state index is 5.70. The van der Waals surface area contributed by atoms with E-state index in [1.165, 1.54) is 19.3 Å². The Bertz CT molecular complexity index is 536. The number of rotatable bonds is 5. The van der Waals surface area contributed by atoms with Gasteiger partial charge in [-0.2, -0.15) is 0 Å². The van der Waals surface area contributed by atoms with Gasteiger partial charge in [-0.3, -0.25) is 0 Å². The first kappa shape index (κ1) is 14.0. The molecule has 21 heavy (non-hydrogen) atoms. The third-order valence-electron chi connectivity index (χ3n) is 3.77. The van der Waals surface area contributed by atoms with Gasteiger partial charge in [0, 0.05) is 12.5 Å². The standard InChI is InChI=1S/C17H21N3O/c1-2-6-14(7-3-1)13-21-16-11-19-17(20-12-16)10-15-8-4-5-9-18-15/h1-3,6-7,11-12,15,18H,4-5,8-10,13H2. The van der Waals surface area contributed by atoms with Crippen LogP contribution in [0.3, 0.4) is 0 Å². The first-order valence-electron chi connectivity index (χ1n) is 7.61. The number of nitrogens with one attached hydrogen (secondary N) is 1. The van der Waals surface area contributed by atoms with Crippen LogP contribution in [0.5, 0.6) is 5.75 Å².